The first-order valence-electron chi connectivity index (χ1n) is 7.09. The lowest BCUT2D eigenvalue weighted by molar-refractivity contribution is -0.275. The second-order valence-electron chi connectivity index (χ2n) is 5.12. The van der Waals surface area contributed by atoms with Gasteiger partial charge in [0.15, 0.2) is 0 Å². The van der Waals surface area contributed by atoms with E-state index in [0.717, 1.165) is 12.8 Å². The second-order valence-corrected chi connectivity index (χ2v) is 5.12. The predicted molar refractivity (Wildman–Crippen MR) is 73.1 cm³/mol. The Hall–Kier alpha value is -1.27. The lowest BCUT2D eigenvalue weighted by Gasteiger charge is -2.28. The molecule has 0 aliphatic carbocycles. The minimum atomic E-state index is -4.69. The number of hydrogen-bond acceptors (Lipinski definition) is 3. The highest BCUT2D eigenvalue weighted by Gasteiger charge is 2.37. The molecule has 118 valence electrons. The first kappa shape index (κ1) is 16.1. The number of halogens is 3. The summed E-state index contributed by atoms with van der Waals surface area (Å²) in [6.07, 6.45) is -2.97. The lowest BCUT2D eigenvalue weighted by atomic mass is 9.86. The molecule has 1 N–H and O–H groups in total. The molecule has 1 aliphatic rings. The van der Waals surface area contributed by atoms with Crippen molar-refractivity contribution < 1.29 is 22.6 Å². The van der Waals surface area contributed by atoms with Crippen molar-refractivity contribution in [1.82, 2.24) is 5.32 Å². The van der Waals surface area contributed by atoms with Crippen LogP contribution in [-0.4, -0.2) is 26.1 Å². The van der Waals surface area contributed by atoms with Crippen molar-refractivity contribution in [3.8, 4) is 5.75 Å². The number of nitrogens with one attached hydrogen (secondary N) is 1. The summed E-state index contributed by atoms with van der Waals surface area (Å²) in [5.74, 6) is -0.0101. The van der Waals surface area contributed by atoms with Gasteiger partial charge in [-0.05, 0) is 26.0 Å². The first-order chi connectivity index (χ1) is 9.96. The largest absolute Gasteiger partial charge is 0.573 e. The highest BCUT2D eigenvalue weighted by atomic mass is 19.4. The Morgan fingerprint density at radius 3 is 2.71 bits per heavy atom. The molecule has 1 saturated heterocycles. The molecule has 3 nitrogen and oxygen atoms in total. The molecule has 0 bridgehead atoms. The number of alkyl halides is 3. The molecule has 6 heteroatoms. The summed E-state index contributed by atoms with van der Waals surface area (Å²) in [6.45, 7) is 2.66. The third kappa shape index (κ3) is 3.89. The molecule has 0 radical (unpaired) electrons. The summed E-state index contributed by atoms with van der Waals surface area (Å²) in [7, 11) is 1.75. The van der Waals surface area contributed by atoms with Gasteiger partial charge in [-0.25, -0.2) is 0 Å². The van der Waals surface area contributed by atoms with Gasteiger partial charge in [-0.1, -0.05) is 25.1 Å². The molecular weight excluding hydrogens is 283 g/mol. The average molecular weight is 303 g/mol. The van der Waals surface area contributed by atoms with Crippen LogP contribution in [-0.2, 0) is 4.74 Å². The van der Waals surface area contributed by atoms with Crippen LogP contribution in [0, 0.1) is 5.92 Å². The number of benzene rings is 1. The van der Waals surface area contributed by atoms with Gasteiger partial charge in [0.05, 0.1) is 6.10 Å². The third-order valence-electron chi connectivity index (χ3n) is 3.88. The molecule has 1 fully saturated rings. The standard InChI is InChI=1S/C15H20F3NO2/c1-3-12-11(8-9-20-12)14(19-2)10-6-4-5-7-13(10)21-15(16,17)18/h4-7,11-12,14,19H,3,8-9H2,1-2H3. The fraction of sp³-hybridized carbons (Fsp3) is 0.600. The summed E-state index contributed by atoms with van der Waals surface area (Å²) < 4.78 is 47.4. The van der Waals surface area contributed by atoms with Gasteiger partial charge in [-0.2, -0.15) is 0 Å². The molecule has 1 heterocycles. The Kier molecular flexibility index (Phi) is 5.11. The van der Waals surface area contributed by atoms with E-state index in [1.54, 1.807) is 25.2 Å². The summed E-state index contributed by atoms with van der Waals surface area (Å²) in [5, 5.41) is 3.12. The highest BCUT2D eigenvalue weighted by Crippen LogP contribution is 2.39. The molecule has 0 amide bonds. The number of para-hydroxylation sites is 1. The summed E-state index contributed by atoms with van der Waals surface area (Å²) in [5.41, 5.74) is 0.520. The van der Waals surface area contributed by atoms with E-state index in [-0.39, 0.29) is 23.8 Å². The lowest BCUT2D eigenvalue weighted by Crippen LogP contribution is -2.31. The summed E-state index contributed by atoms with van der Waals surface area (Å²) in [6, 6.07) is 6.06. The summed E-state index contributed by atoms with van der Waals surface area (Å²) in [4.78, 5) is 0. The normalized spacial score (nSPS) is 24.0. The Balaban J connectivity index is 2.29. The van der Waals surface area contributed by atoms with Gasteiger partial charge in [0, 0.05) is 24.1 Å². The Morgan fingerprint density at radius 2 is 2.10 bits per heavy atom. The van der Waals surface area contributed by atoms with E-state index in [1.165, 1.54) is 6.07 Å². The van der Waals surface area contributed by atoms with E-state index >= 15 is 0 Å². The molecule has 0 spiro atoms. The SMILES string of the molecule is CCC1OCCC1C(NC)c1ccccc1OC(F)(F)F. The van der Waals surface area contributed by atoms with E-state index in [0.29, 0.717) is 12.2 Å². The molecule has 3 unspecified atom stereocenters. The van der Waals surface area contributed by atoms with Crippen LogP contribution in [0.15, 0.2) is 24.3 Å². The number of rotatable bonds is 5. The van der Waals surface area contributed by atoms with E-state index in [9.17, 15) is 13.2 Å². The van der Waals surface area contributed by atoms with Crippen LogP contribution in [0.4, 0.5) is 13.2 Å². The minimum Gasteiger partial charge on any atom is -0.405 e. The molecule has 3 atom stereocenters. The average Bonchev–Trinajstić information content (AvgIpc) is 2.88. The van der Waals surface area contributed by atoms with E-state index in [2.05, 4.69) is 10.1 Å². The first-order valence-corrected chi connectivity index (χ1v) is 7.09. The number of ether oxygens (including phenoxy) is 2. The minimum absolute atomic E-state index is 0.0568. The quantitative estimate of drug-likeness (QED) is 0.900. The van der Waals surface area contributed by atoms with Gasteiger partial charge in [0.25, 0.3) is 0 Å². The van der Waals surface area contributed by atoms with Gasteiger partial charge in [-0.3, -0.25) is 0 Å². The number of hydrogen-bond donors (Lipinski definition) is 1. The van der Waals surface area contributed by atoms with Crippen molar-refractivity contribution in [2.45, 2.75) is 38.3 Å². The van der Waals surface area contributed by atoms with Crippen LogP contribution in [0.1, 0.15) is 31.4 Å². The van der Waals surface area contributed by atoms with Crippen LogP contribution >= 0.6 is 0 Å². The van der Waals surface area contributed by atoms with Crippen molar-refractivity contribution in [3.05, 3.63) is 29.8 Å². The van der Waals surface area contributed by atoms with Crippen molar-refractivity contribution >= 4 is 0 Å². The monoisotopic (exact) mass is 303 g/mol. The van der Waals surface area contributed by atoms with Crippen molar-refractivity contribution in [3.63, 3.8) is 0 Å². The van der Waals surface area contributed by atoms with Gasteiger partial charge >= 0.3 is 6.36 Å². The van der Waals surface area contributed by atoms with Crippen molar-refractivity contribution in [2.24, 2.45) is 5.92 Å². The molecule has 1 aliphatic heterocycles. The topological polar surface area (TPSA) is 30.5 Å². The smallest absolute Gasteiger partial charge is 0.405 e. The highest BCUT2D eigenvalue weighted by molar-refractivity contribution is 5.36. The van der Waals surface area contributed by atoms with E-state index in [1.807, 2.05) is 6.92 Å². The molecule has 2 rings (SSSR count). The fourth-order valence-electron chi connectivity index (χ4n) is 3.02. The van der Waals surface area contributed by atoms with Crippen LogP contribution in [0.2, 0.25) is 0 Å². The third-order valence-corrected chi connectivity index (χ3v) is 3.88. The van der Waals surface area contributed by atoms with Crippen molar-refractivity contribution in [2.75, 3.05) is 13.7 Å². The Morgan fingerprint density at radius 1 is 1.38 bits per heavy atom. The molecule has 0 saturated carbocycles. The van der Waals surface area contributed by atoms with Gasteiger partial charge in [0.1, 0.15) is 5.75 Å². The van der Waals surface area contributed by atoms with Crippen molar-refractivity contribution in [1.29, 1.82) is 0 Å². The second kappa shape index (κ2) is 6.66. The maximum Gasteiger partial charge on any atom is 0.573 e. The van der Waals surface area contributed by atoms with Gasteiger partial charge < -0.3 is 14.8 Å². The molecule has 21 heavy (non-hydrogen) atoms. The predicted octanol–water partition coefficient (Wildman–Crippen LogP) is 3.66. The fourth-order valence-corrected chi connectivity index (χ4v) is 3.02. The van der Waals surface area contributed by atoms with E-state index in [4.69, 9.17) is 4.74 Å². The van der Waals surface area contributed by atoms with Gasteiger partial charge in [0.2, 0.25) is 0 Å². The zero-order valence-corrected chi connectivity index (χ0v) is 12.1. The maximum absolute atomic E-state index is 12.5. The van der Waals surface area contributed by atoms with Crippen LogP contribution in [0.5, 0.6) is 5.75 Å². The van der Waals surface area contributed by atoms with Crippen LogP contribution < -0.4 is 10.1 Å². The summed E-state index contributed by atoms with van der Waals surface area (Å²) >= 11 is 0. The molecule has 1 aromatic rings. The molecule has 0 aromatic heterocycles. The zero-order chi connectivity index (χ0) is 15.5. The van der Waals surface area contributed by atoms with Crippen LogP contribution in [0.3, 0.4) is 0 Å². The van der Waals surface area contributed by atoms with Gasteiger partial charge in [-0.15, -0.1) is 13.2 Å². The van der Waals surface area contributed by atoms with Crippen LogP contribution in [0.25, 0.3) is 0 Å². The Bertz CT molecular complexity index is 464. The molecular formula is C15H20F3NO2. The zero-order valence-electron chi connectivity index (χ0n) is 12.1. The molecule has 1 aromatic carbocycles. The maximum atomic E-state index is 12.5. The Labute approximate surface area is 122 Å². The van der Waals surface area contributed by atoms with E-state index < -0.39 is 6.36 Å².